The fourth-order valence-electron chi connectivity index (χ4n) is 2.38. The quantitative estimate of drug-likeness (QED) is 0.283. The molecule has 9 nitrogen and oxygen atoms in total. The maximum absolute atomic E-state index is 12.6. The molecule has 2 rings (SSSR count). The number of H-pyrrole nitrogens is 1. The standard InChI is InChI=1S/C15H21N5O4S/c1-3-4-10(11-5-9(21)6-12(22)17-11)18-14(23)15(16)7-25-13(19-15)8(2)20-24/h5-6,10,24H,3-4,7,16H2,1-2H3,(H,18,23)(H2,17,21,22)/b20-8-/t10-,15+/m1/s1. The van der Waals surface area contributed by atoms with E-state index in [0.717, 1.165) is 12.5 Å². The Morgan fingerprint density at radius 2 is 2.32 bits per heavy atom. The summed E-state index contributed by atoms with van der Waals surface area (Å²) >= 11 is 1.23. The van der Waals surface area contributed by atoms with Gasteiger partial charge in [-0.2, -0.15) is 0 Å². The Bertz CT molecular complexity index is 775. The largest absolute Gasteiger partial charge is 0.508 e. The Hall–Kier alpha value is -2.33. The number of aromatic hydroxyl groups is 1. The molecule has 1 amide bonds. The zero-order valence-corrected chi connectivity index (χ0v) is 14.8. The van der Waals surface area contributed by atoms with Gasteiger partial charge in [0.15, 0.2) is 5.66 Å². The normalized spacial score (nSPS) is 21.7. The molecule has 1 aliphatic heterocycles. The smallest absolute Gasteiger partial charge is 0.264 e. The predicted molar refractivity (Wildman–Crippen MR) is 96.2 cm³/mol. The predicted octanol–water partition coefficient (Wildman–Crippen LogP) is 0.688. The van der Waals surface area contributed by atoms with Crippen LogP contribution in [0.1, 0.15) is 38.4 Å². The molecule has 0 aliphatic carbocycles. The second-order valence-electron chi connectivity index (χ2n) is 5.79. The number of rotatable bonds is 6. The molecule has 0 spiro atoms. The van der Waals surface area contributed by atoms with Gasteiger partial charge in [0.1, 0.15) is 16.5 Å². The average Bonchev–Trinajstić information content (AvgIpc) is 2.96. The van der Waals surface area contributed by atoms with Crippen LogP contribution in [-0.4, -0.2) is 43.4 Å². The zero-order chi connectivity index (χ0) is 18.6. The first-order valence-corrected chi connectivity index (χ1v) is 8.72. The van der Waals surface area contributed by atoms with Gasteiger partial charge in [-0.05, 0) is 13.3 Å². The monoisotopic (exact) mass is 367 g/mol. The molecule has 1 aromatic rings. The Morgan fingerprint density at radius 3 is 2.92 bits per heavy atom. The van der Waals surface area contributed by atoms with Crippen LogP contribution in [-0.2, 0) is 4.79 Å². The number of aliphatic imine (C=N–C) groups is 1. The first-order valence-electron chi connectivity index (χ1n) is 7.74. The number of aromatic amines is 1. The molecule has 0 bridgehead atoms. The van der Waals surface area contributed by atoms with Gasteiger partial charge >= 0.3 is 0 Å². The van der Waals surface area contributed by atoms with Gasteiger partial charge in [-0.1, -0.05) is 18.5 Å². The molecule has 10 heteroatoms. The lowest BCUT2D eigenvalue weighted by molar-refractivity contribution is -0.126. The molecule has 136 valence electrons. The maximum atomic E-state index is 12.6. The van der Waals surface area contributed by atoms with Gasteiger partial charge in [0.25, 0.3) is 11.5 Å². The number of carbonyl (C=O) groups excluding carboxylic acids is 1. The van der Waals surface area contributed by atoms with E-state index in [0.29, 0.717) is 17.2 Å². The SMILES string of the molecule is CCC[C@@H](NC(=O)[C@]1(N)CSC(/C(C)=N\O)=N1)c1cc(O)cc(=O)[nH]1. The summed E-state index contributed by atoms with van der Waals surface area (Å²) in [7, 11) is 0. The molecular formula is C15H21N5O4S. The van der Waals surface area contributed by atoms with Gasteiger partial charge in [-0.25, -0.2) is 4.99 Å². The first kappa shape index (κ1) is 19.0. The number of amides is 1. The van der Waals surface area contributed by atoms with Crippen LogP contribution in [0.5, 0.6) is 5.75 Å². The van der Waals surface area contributed by atoms with E-state index >= 15 is 0 Å². The van der Waals surface area contributed by atoms with Gasteiger partial charge in [0.05, 0.1) is 6.04 Å². The molecule has 0 saturated carbocycles. The summed E-state index contributed by atoms with van der Waals surface area (Å²) in [5.41, 5.74) is 4.82. The van der Waals surface area contributed by atoms with Crippen LogP contribution in [0.25, 0.3) is 0 Å². The van der Waals surface area contributed by atoms with Crippen molar-refractivity contribution in [2.24, 2.45) is 15.9 Å². The van der Waals surface area contributed by atoms with E-state index in [-0.39, 0.29) is 17.2 Å². The minimum Gasteiger partial charge on any atom is -0.508 e. The van der Waals surface area contributed by atoms with Crippen molar-refractivity contribution in [1.29, 1.82) is 0 Å². The number of carbonyl (C=O) groups is 1. The summed E-state index contributed by atoms with van der Waals surface area (Å²) in [6.45, 7) is 3.49. The van der Waals surface area contributed by atoms with Crippen molar-refractivity contribution < 1.29 is 15.1 Å². The van der Waals surface area contributed by atoms with E-state index in [1.165, 1.54) is 17.8 Å². The van der Waals surface area contributed by atoms with Crippen molar-refractivity contribution >= 4 is 28.4 Å². The van der Waals surface area contributed by atoms with E-state index in [1.54, 1.807) is 6.92 Å². The van der Waals surface area contributed by atoms with Crippen LogP contribution < -0.4 is 16.6 Å². The number of hydrogen-bond donors (Lipinski definition) is 5. The summed E-state index contributed by atoms with van der Waals surface area (Å²) in [6.07, 6.45) is 1.28. The van der Waals surface area contributed by atoms with Gasteiger partial charge in [-0.15, -0.1) is 11.8 Å². The van der Waals surface area contributed by atoms with Crippen molar-refractivity contribution in [3.63, 3.8) is 0 Å². The molecule has 1 aliphatic rings. The Balaban J connectivity index is 2.23. The van der Waals surface area contributed by atoms with Crippen molar-refractivity contribution in [3.8, 4) is 5.75 Å². The van der Waals surface area contributed by atoms with Crippen molar-refractivity contribution in [1.82, 2.24) is 10.3 Å². The number of nitrogens with one attached hydrogen (secondary N) is 2. The number of pyridine rings is 1. The lowest BCUT2D eigenvalue weighted by atomic mass is 10.1. The van der Waals surface area contributed by atoms with Gasteiger partial charge in [0.2, 0.25) is 0 Å². The minimum atomic E-state index is -1.49. The lowest BCUT2D eigenvalue weighted by Gasteiger charge is -2.24. The Morgan fingerprint density at radius 1 is 1.60 bits per heavy atom. The van der Waals surface area contributed by atoms with E-state index in [9.17, 15) is 14.7 Å². The Labute approximate surface area is 148 Å². The second-order valence-corrected chi connectivity index (χ2v) is 6.75. The second kappa shape index (κ2) is 7.70. The zero-order valence-electron chi connectivity index (χ0n) is 13.9. The van der Waals surface area contributed by atoms with Crippen LogP contribution >= 0.6 is 11.8 Å². The van der Waals surface area contributed by atoms with Gasteiger partial charge in [-0.3, -0.25) is 15.3 Å². The fraction of sp³-hybridized carbons (Fsp3) is 0.467. The first-order chi connectivity index (χ1) is 11.8. The highest BCUT2D eigenvalue weighted by Gasteiger charge is 2.40. The van der Waals surface area contributed by atoms with Crippen LogP contribution in [0.2, 0.25) is 0 Å². The molecule has 0 fully saturated rings. The van der Waals surface area contributed by atoms with Crippen molar-refractivity contribution in [3.05, 3.63) is 28.2 Å². The third-order valence-electron chi connectivity index (χ3n) is 3.69. The van der Waals surface area contributed by atoms with Crippen molar-refractivity contribution in [2.45, 2.75) is 38.4 Å². The molecule has 0 unspecified atom stereocenters. The number of nitrogens with two attached hydrogens (primary N) is 1. The minimum absolute atomic E-state index is 0.178. The summed E-state index contributed by atoms with van der Waals surface area (Å²) in [5, 5.41) is 24.7. The maximum Gasteiger partial charge on any atom is 0.264 e. The number of oxime groups is 1. The molecular weight excluding hydrogens is 346 g/mol. The van der Waals surface area contributed by atoms with E-state index in [4.69, 9.17) is 10.9 Å². The third kappa shape index (κ3) is 4.40. The van der Waals surface area contributed by atoms with Crippen LogP contribution in [0.3, 0.4) is 0 Å². The Kier molecular flexibility index (Phi) is 5.85. The summed E-state index contributed by atoms with van der Waals surface area (Å²) in [5.74, 6) is -0.484. The fourth-order valence-corrected chi connectivity index (χ4v) is 3.41. The lowest BCUT2D eigenvalue weighted by Crippen LogP contribution is -2.54. The molecule has 0 saturated heterocycles. The molecule has 6 N–H and O–H groups in total. The van der Waals surface area contributed by atoms with Gasteiger partial charge in [0, 0.05) is 23.6 Å². The molecule has 25 heavy (non-hydrogen) atoms. The van der Waals surface area contributed by atoms with E-state index in [1.807, 2.05) is 6.92 Å². The van der Waals surface area contributed by atoms with Crippen LogP contribution in [0.15, 0.2) is 27.1 Å². The summed E-state index contributed by atoms with van der Waals surface area (Å²) in [4.78, 5) is 31.0. The molecule has 1 aromatic heterocycles. The average molecular weight is 367 g/mol. The van der Waals surface area contributed by atoms with Crippen LogP contribution in [0.4, 0.5) is 0 Å². The number of thioether (sulfide) groups is 1. The van der Waals surface area contributed by atoms with E-state index in [2.05, 4.69) is 20.4 Å². The topological polar surface area (TPSA) is 153 Å². The number of nitrogens with zero attached hydrogens (tertiary/aromatic N) is 2. The molecule has 2 heterocycles. The number of aromatic nitrogens is 1. The number of hydrogen-bond acceptors (Lipinski definition) is 8. The highest BCUT2D eigenvalue weighted by atomic mass is 32.2. The molecule has 0 radical (unpaired) electrons. The molecule has 2 atom stereocenters. The summed E-state index contributed by atoms with van der Waals surface area (Å²) in [6, 6.07) is 1.93. The van der Waals surface area contributed by atoms with Crippen LogP contribution in [0, 0.1) is 0 Å². The molecule has 0 aromatic carbocycles. The van der Waals surface area contributed by atoms with Crippen molar-refractivity contribution in [2.75, 3.05) is 5.75 Å². The highest BCUT2D eigenvalue weighted by Crippen LogP contribution is 2.27. The summed E-state index contributed by atoms with van der Waals surface area (Å²) < 4.78 is 0. The van der Waals surface area contributed by atoms with Gasteiger partial charge < -0.3 is 20.6 Å². The van der Waals surface area contributed by atoms with E-state index < -0.39 is 23.2 Å². The third-order valence-corrected chi connectivity index (χ3v) is 4.94. The highest BCUT2D eigenvalue weighted by molar-refractivity contribution is 8.16.